The minimum absolute atomic E-state index is 0.166. The molecule has 1 aliphatic rings. The molecule has 92 valence electrons. The molecule has 0 saturated carbocycles. The van der Waals surface area contributed by atoms with Crippen molar-refractivity contribution in [1.82, 2.24) is 9.88 Å². The number of aromatic nitrogens is 1. The molecule has 1 saturated heterocycles. The van der Waals surface area contributed by atoms with Crippen LogP contribution in [0.1, 0.15) is 20.3 Å². The number of carbonyl (C=O) groups excluding carboxylic acids is 2. The summed E-state index contributed by atoms with van der Waals surface area (Å²) in [5.41, 5.74) is 0. The molecule has 0 radical (unpaired) electrons. The quantitative estimate of drug-likeness (QED) is 0.774. The highest BCUT2D eigenvalue weighted by molar-refractivity contribution is 7.14. The van der Waals surface area contributed by atoms with Crippen molar-refractivity contribution in [2.24, 2.45) is 5.92 Å². The number of nitrogens with zero attached hydrogens (tertiary/aromatic N) is 3. The number of rotatable bonds is 3. The number of amides is 3. The van der Waals surface area contributed by atoms with E-state index in [1.807, 2.05) is 13.8 Å². The van der Waals surface area contributed by atoms with Gasteiger partial charge in [-0.1, -0.05) is 13.8 Å². The van der Waals surface area contributed by atoms with Gasteiger partial charge >= 0.3 is 6.03 Å². The summed E-state index contributed by atoms with van der Waals surface area (Å²) in [6, 6.07) is -0.637. The number of likely N-dealkylation sites (N-methyl/N-ethyl adjacent to an activating group) is 1. The van der Waals surface area contributed by atoms with Gasteiger partial charge in [0, 0.05) is 18.6 Å². The van der Waals surface area contributed by atoms with Crippen LogP contribution < -0.4 is 4.90 Å². The fourth-order valence-electron chi connectivity index (χ4n) is 1.91. The average Bonchev–Trinajstić information content (AvgIpc) is 2.83. The van der Waals surface area contributed by atoms with E-state index in [9.17, 15) is 9.59 Å². The van der Waals surface area contributed by atoms with Crippen LogP contribution in [0.25, 0.3) is 0 Å². The van der Waals surface area contributed by atoms with E-state index >= 15 is 0 Å². The second kappa shape index (κ2) is 4.44. The Morgan fingerprint density at radius 2 is 2.18 bits per heavy atom. The summed E-state index contributed by atoms with van der Waals surface area (Å²) in [7, 11) is 1.67. The van der Waals surface area contributed by atoms with Gasteiger partial charge in [-0.3, -0.25) is 4.79 Å². The Bertz CT molecular complexity index is 430. The van der Waals surface area contributed by atoms with Gasteiger partial charge in [0.2, 0.25) is 5.13 Å². The van der Waals surface area contributed by atoms with Gasteiger partial charge < -0.3 is 4.90 Å². The normalized spacial score (nSPS) is 20.8. The largest absolute Gasteiger partial charge is 0.333 e. The summed E-state index contributed by atoms with van der Waals surface area (Å²) in [5.74, 6) is 0.205. The molecule has 1 fully saturated rings. The predicted molar refractivity (Wildman–Crippen MR) is 66.0 cm³/mol. The zero-order chi connectivity index (χ0) is 12.6. The summed E-state index contributed by atoms with van der Waals surface area (Å²) in [4.78, 5) is 30.9. The van der Waals surface area contributed by atoms with Gasteiger partial charge in [0.25, 0.3) is 5.91 Å². The van der Waals surface area contributed by atoms with Crippen molar-refractivity contribution in [3.05, 3.63) is 11.6 Å². The lowest BCUT2D eigenvalue weighted by molar-refractivity contribution is -0.119. The molecule has 0 N–H and O–H groups in total. The minimum Gasteiger partial charge on any atom is -0.315 e. The Hall–Kier alpha value is -1.43. The van der Waals surface area contributed by atoms with E-state index in [0.717, 1.165) is 0 Å². The molecule has 1 atom stereocenters. The number of anilines is 1. The molecule has 2 rings (SSSR count). The zero-order valence-corrected chi connectivity index (χ0v) is 10.9. The van der Waals surface area contributed by atoms with Crippen molar-refractivity contribution in [2.45, 2.75) is 26.3 Å². The molecular formula is C11H15N3O2S. The van der Waals surface area contributed by atoms with Crippen LogP contribution in [0.3, 0.4) is 0 Å². The van der Waals surface area contributed by atoms with Crippen LogP contribution in [0.15, 0.2) is 11.6 Å². The van der Waals surface area contributed by atoms with Crippen molar-refractivity contribution >= 4 is 28.4 Å². The zero-order valence-electron chi connectivity index (χ0n) is 10.1. The third kappa shape index (κ3) is 2.04. The maximum atomic E-state index is 12.2. The third-order valence-electron chi connectivity index (χ3n) is 2.77. The third-order valence-corrected chi connectivity index (χ3v) is 3.53. The molecule has 6 heteroatoms. The van der Waals surface area contributed by atoms with E-state index in [-0.39, 0.29) is 18.0 Å². The molecule has 0 aliphatic carbocycles. The molecule has 1 aromatic rings. The van der Waals surface area contributed by atoms with Crippen LogP contribution in [-0.2, 0) is 4.79 Å². The van der Waals surface area contributed by atoms with Gasteiger partial charge in [0.15, 0.2) is 0 Å². The van der Waals surface area contributed by atoms with Gasteiger partial charge in [0.05, 0.1) is 0 Å². The second-order valence-electron chi connectivity index (χ2n) is 4.53. The van der Waals surface area contributed by atoms with Crippen LogP contribution in [0.4, 0.5) is 9.93 Å². The van der Waals surface area contributed by atoms with E-state index in [2.05, 4.69) is 4.98 Å². The lowest BCUT2D eigenvalue weighted by atomic mass is 10.0. The van der Waals surface area contributed by atoms with Gasteiger partial charge in [0.1, 0.15) is 6.04 Å². The smallest absolute Gasteiger partial charge is 0.315 e. The molecular weight excluding hydrogens is 238 g/mol. The fourth-order valence-corrected chi connectivity index (χ4v) is 2.55. The summed E-state index contributed by atoms with van der Waals surface area (Å²) in [6.45, 7) is 4.08. The number of hydrogen-bond acceptors (Lipinski definition) is 4. The first-order chi connectivity index (χ1) is 8.02. The van der Waals surface area contributed by atoms with Gasteiger partial charge in [-0.2, -0.15) is 0 Å². The van der Waals surface area contributed by atoms with E-state index in [1.165, 1.54) is 21.1 Å². The number of hydrogen-bond donors (Lipinski definition) is 0. The average molecular weight is 253 g/mol. The highest BCUT2D eigenvalue weighted by Gasteiger charge is 2.44. The monoisotopic (exact) mass is 253 g/mol. The maximum Gasteiger partial charge on any atom is 0.333 e. The molecule has 0 aromatic carbocycles. The summed E-state index contributed by atoms with van der Waals surface area (Å²) in [6.07, 6.45) is 2.28. The molecule has 17 heavy (non-hydrogen) atoms. The van der Waals surface area contributed by atoms with E-state index in [1.54, 1.807) is 18.6 Å². The molecule has 0 unspecified atom stereocenters. The summed E-state index contributed by atoms with van der Waals surface area (Å²) >= 11 is 1.30. The van der Waals surface area contributed by atoms with E-state index < -0.39 is 0 Å². The Morgan fingerprint density at radius 1 is 1.47 bits per heavy atom. The van der Waals surface area contributed by atoms with Crippen molar-refractivity contribution in [2.75, 3.05) is 11.9 Å². The topological polar surface area (TPSA) is 53.5 Å². The lowest BCUT2D eigenvalue weighted by Crippen LogP contribution is -2.32. The Labute approximate surface area is 104 Å². The van der Waals surface area contributed by atoms with Gasteiger partial charge in [-0.05, 0) is 12.3 Å². The predicted octanol–water partition coefficient (Wildman–Crippen LogP) is 1.96. The second-order valence-corrected chi connectivity index (χ2v) is 5.40. The molecule has 5 nitrogen and oxygen atoms in total. The standard InChI is InChI=1S/C11H15N3O2S/c1-7(2)6-8-9(15)14(11(16)13(8)3)10-12-4-5-17-10/h4-5,7-8H,6H2,1-3H3/t8-/m0/s1. The number of carbonyl (C=O) groups is 2. The van der Waals surface area contributed by atoms with Crippen molar-refractivity contribution in [3.63, 3.8) is 0 Å². The van der Waals surface area contributed by atoms with Crippen LogP contribution in [0.5, 0.6) is 0 Å². The number of urea groups is 1. The highest BCUT2D eigenvalue weighted by Crippen LogP contribution is 2.28. The SMILES string of the molecule is CC(C)C[C@H]1C(=O)N(c2nccs2)C(=O)N1C. The van der Waals surface area contributed by atoms with Crippen LogP contribution in [0, 0.1) is 5.92 Å². The van der Waals surface area contributed by atoms with Crippen molar-refractivity contribution < 1.29 is 9.59 Å². The van der Waals surface area contributed by atoms with Crippen molar-refractivity contribution in [1.29, 1.82) is 0 Å². The number of thiazole rings is 1. The highest BCUT2D eigenvalue weighted by atomic mass is 32.1. The summed E-state index contributed by atoms with van der Waals surface area (Å²) < 4.78 is 0. The molecule has 2 heterocycles. The van der Waals surface area contributed by atoms with Crippen LogP contribution >= 0.6 is 11.3 Å². The summed E-state index contributed by atoms with van der Waals surface area (Å²) in [5, 5.41) is 2.21. The first-order valence-electron chi connectivity index (χ1n) is 5.52. The first kappa shape index (κ1) is 12.0. The van der Waals surface area contributed by atoms with Gasteiger partial charge in [-0.25, -0.2) is 14.7 Å². The van der Waals surface area contributed by atoms with Crippen molar-refractivity contribution in [3.8, 4) is 0 Å². The lowest BCUT2D eigenvalue weighted by Gasteiger charge is -2.17. The van der Waals surface area contributed by atoms with E-state index in [0.29, 0.717) is 17.5 Å². The molecule has 0 bridgehead atoms. The maximum absolute atomic E-state index is 12.2. The Morgan fingerprint density at radius 3 is 2.71 bits per heavy atom. The minimum atomic E-state index is -0.355. The Balaban J connectivity index is 2.26. The van der Waals surface area contributed by atoms with E-state index in [4.69, 9.17) is 0 Å². The molecule has 0 spiro atoms. The first-order valence-corrected chi connectivity index (χ1v) is 6.40. The molecule has 3 amide bonds. The molecule has 1 aliphatic heterocycles. The van der Waals surface area contributed by atoms with Gasteiger partial charge in [-0.15, -0.1) is 11.3 Å². The molecule has 1 aromatic heterocycles. The van der Waals surface area contributed by atoms with Crippen LogP contribution in [0.2, 0.25) is 0 Å². The van der Waals surface area contributed by atoms with Crippen LogP contribution in [-0.4, -0.2) is 34.9 Å². The fraction of sp³-hybridized carbons (Fsp3) is 0.545. The number of imide groups is 1. The Kier molecular flexibility index (Phi) is 3.15.